The van der Waals surface area contributed by atoms with E-state index in [0.717, 1.165) is 33.8 Å². The predicted octanol–water partition coefficient (Wildman–Crippen LogP) is 3.31. The Morgan fingerprint density at radius 3 is 2.88 bits per heavy atom. The third kappa shape index (κ3) is 3.55. The van der Waals surface area contributed by atoms with Gasteiger partial charge < -0.3 is 19.4 Å². The van der Waals surface area contributed by atoms with Gasteiger partial charge in [-0.15, -0.1) is 0 Å². The summed E-state index contributed by atoms with van der Waals surface area (Å²) in [4.78, 5) is 20.3. The maximum atomic E-state index is 11.6. The fourth-order valence-corrected chi connectivity index (χ4v) is 3.46. The van der Waals surface area contributed by atoms with Crippen molar-refractivity contribution >= 4 is 34.6 Å². The fourth-order valence-electron chi connectivity index (χ4n) is 2.99. The van der Waals surface area contributed by atoms with Crippen LogP contribution >= 0.6 is 11.8 Å². The summed E-state index contributed by atoms with van der Waals surface area (Å²) in [5, 5.41) is 13.5. The monoisotopic (exact) mass is 374 g/mol. The summed E-state index contributed by atoms with van der Waals surface area (Å²) in [5.74, 6) is 1.27. The van der Waals surface area contributed by atoms with Crippen molar-refractivity contribution in [1.82, 2.24) is 14.5 Å². The van der Waals surface area contributed by atoms with Gasteiger partial charge in [0, 0.05) is 5.69 Å². The van der Waals surface area contributed by atoms with Crippen LogP contribution in [0.15, 0.2) is 29.1 Å². The molecule has 0 saturated heterocycles. The molecular weight excluding hydrogens is 352 g/mol. The molecule has 3 aromatic rings. The van der Waals surface area contributed by atoms with E-state index in [0.29, 0.717) is 18.8 Å². The number of anilines is 1. The Morgan fingerprint density at radius 1 is 1.42 bits per heavy atom. The van der Waals surface area contributed by atoms with Crippen molar-refractivity contribution in [1.29, 1.82) is 0 Å². The highest BCUT2D eigenvalue weighted by Crippen LogP contribution is 2.30. The Morgan fingerprint density at radius 2 is 2.23 bits per heavy atom. The van der Waals surface area contributed by atoms with Gasteiger partial charge in [-0.25, -0.2) is 14.8 Å². The molecule has 2 N–H and O–H groups in total. The van der Waals surface area contributed by atoms with Crippen LogP contribution in [0.3, 0.4) is 0 Å². The lowest BCUT2D eigenvalue weighted by molar-refractivity contribution is -0.137. The number of rotatable bonds is 8. The van der Waals surface area contributed by atoms with Gasteiger partial charge in [0.1, 0.15) is 29.6 Å². The second kappa shape index (κ2) is 7.82. The van der Waals surface area contributed by atoms with E-state index in [2.05, 4.69) is 19.9 Å². The van der Waals surface area contributed by atoms with Gasteiger partial charge in [0.2, 0.25) is 0 Å². The summed E-state index contributed by atoms with van der Waals surface area (Å²) < 4.78 is 7.52. The van der Waals surface area contributed by atoms with Crippen LogP contribution in [-0.2, 0) is 11.3 Å². The van der Waals surface area contributed by atoms with Crippen molar-refractivity contribution in [3.8, 4) is 0 Å². The lowest BCUT2D eigenvalue weighted by Gasteiger charge is -2.15. The molecule has 0 spiro atoms. The van der Waals surface area contributed by atoms with E-state index in [1.807, 2.05) is 32.2 Å². The summed E-state index contributed by atoms with van der Waals surface area (Å²) in [6.07, 6.45) is 5.60. The van der Waals surface area contributed by atoms with Crippen molar-refractivity contribution < 1.29 is 14.3 Å². The van der Waals surface area contributed by atoms with Gasteiger partial charge in [-0.2, -0.15) is 11.8 Å². The molecule has 0 fully saturated rings. The van der Waals surface area contributed by atoms with Gasteiger partial charge in [0.15, 0.2) is 0 Å². The molecule has 0 aromatic carbocycles. The molecule has 0 aliphatic heterocycles. The Hall–Kier alpha value is -2.48. The molecule has 3 heterocycles. The first-order chi connectivity index (χ1) is 12.5. The first kappa shape index (κ1) is 18.3. The minimum Gasteiger partial charge on any atom is -0.480 e. The Labute approximate surface area is 155 Å². The number of nitrogens with one attached hydrogen (secondary N) is 1. The Kier molecular flexibility index (Phi) is 5.51. The minimum absolute atomic E-state index is 0.521. The van der Waals surface area contributed by atoms with E-state index in [1.165, 1.54) is 6.33 Å². The molecule has 7 nitrogen and oxygen atoms in total. The maximum Gasteiger partial charge on any atom is 0.326 e. The molecule has 0 amide bonds. The van der Waals surface area contributed by atoms with E-state index in [4.69, 9.17) is 4.42 Å². The highest BCUT2D eigenvalue weighted by molar-refractivity contribution is 7.98. The number of hydrogen-bond acceptors (Lipinski definition) is 6. The Bertz CT molecular complexity index is 905. The maximum absolute atomic E-state index is 11.6. The lowest BCUT2D eigenvalue weighted by atomic mass is 10.2. The molecule has 1 unspecified atom stereocenters. The van der Waals surface area contributed by atoms with Crippen LogP contribution in [0.2, 0.25) is 0 Å². The molecule has 26 heavy (non-hydrogen) atoms. The highest BCUT2D eigenvalue weighted by Gasteiger charge is 2.22. The van der Waals surface area contributed by atoms with Gasteiger partial charge in [0.25, 0.3) is 0 Å². The number of furan rings is 1. The van der Waals surface area contributed by atoms with E-state index in [-0.39, 0.29) is 0 Å². The molecule has 0 radical (unpaired) electrons. The quantitative estimate of drug-likeness (QED) is 0.625. The van der Waals surface area contributed by atoms with Crippen molar-refractivity contribution in [2.75, 3.05) is 17.3 Å². The van der Waals surface area contributed by atoms with Crippen molar-refractivity contribution in [3.63, 3.8) is 0 Å². The average molecular weight is 374 g/mol. The molecule has 1 atom stereocenters. The molecule has 3 rings (SSSR count). The third-order valence-corrected chi connectivity index (χ3v) is 5.16. The van der Waals surface area contributed by atoms with Gasteiger partial charge >= 0.3 is 5.97 Å². The first-order valence-electron chi connectivity index (χ1n) is 8.34. The summed E-state index contributed by atoms with van der Waals surface area (Å²) in [6, 6.07) is 3.09. The number of aromatic nitrogens is 3. The van der Waals surface area contributed by atoms with Crippen LogP contribution in [-0.4, -0.2) is 43.7 Å². The van der Waals surface area contributed by atoms with E-state index < -0.39 is 12.0 Å². The number of hydrogen-bond donors (Lipinski definition) is 2. The number of carboxylic acids is 1. The van der Waals surface area contributed by atoms with Gasteiger partial charge in [-0.3, -0.25) is 0 Å². The number of aliphatic carboxylic acids is 1. The van der Waals surface area contributed by atoms with Crippen LogP contribution in [0.5, 0.6) is 0 Å². The number of thioether (sulfide) groups is 1. The minimum atomic E-state index is -0.879. The fraction of sp³-hybridized carbons (Fsp3) is 0.389. The standard InChI is InChI=1S/C18H22N4O3S/c1-11-12(2)22(9-13-5-4-7-25-13)17-15(11)16(19-10-20-17)21-14(18(23)24)6-8-26-3/h4-5,7,10,14H,6,8-9H2,1-3H3,(H,23,24)(H,19,20,21). The highest BCUT2D eigenvalue weighted by atomic mass is 32.2. The van der Waals surface area contributed by atoms with Crippen molar-refractivity contribution in [2.45, 2.75) is 32.9 Å². The molecule has 0 aliphatic rings. The number of fused-ring (bicyclic) bond motifs is 1. The van der Waals surface area contributed by atoms with Crippen LogP contribution < -0.4 is 5.32 Å². The largest absolute Gasteiger partial charge is 0.480 e. The van der Waals surface area contributed by atoms with E-state index >= 15 is 0 Å². The molecule has 0 aliphatic carbocycles. The predicted molar refractivity (Wildman–Crippen MR) is 103 cm³/mol. The number of carbonyl (C=O) groups is 1. The molecule has 8 heteroatoms. The second-order valence-corrected chi connectivity index (χ2v) is 7.10. The summed E-state index contributed by atoms with van der Waals surface area (Å²) in [5.41, 5.74) is 2.85. The summed E-state index contributed by atoms with van der Waals surface area (Å²) >= 11 is 1.62. The summed E-state index contributed by atoms with van der Waals surface area (Å²) in [6.45, 7) is 4.59. The van der Waals surface area contributed by atoms with Crippen molar-refractivity contribution in [2.24, 2.45) is 0 Å². The number of nitrogens with zero attached hydrogens (tertiary/aromatic N) is 3. The normalized spacial score (nSPS) is 12.4. The Balaban J connectivity index is 2.01. The van der Waals surface area contributed by atoms with Gasteiger partial charge in [0.05, 0.1) is 18.2 Å². The first-order valence-corrected chi connectivity index (χ1v) is 9.73. The molecule has 138 valence electrons. The van der Waals surface area contributed by atoms with Crippen molar-refractivity contribution in [3.05, 3.63) is 41.7 Å². The average Bonchev–Trinajstić information content (AvgIpc) is 3.22. The lowest BCUT2D eigenvalue weighted by Crippen LogP contribution is -2.30. The zero-order valence-corrected chi connectivity index (χ0v) is 15.8. The van der Waals surface area contributed by atoms with Crippen LogP contribution in [0.25, 0.3) is 11.0 Å². The molecule has 3 aromatic heterocycles. The smallest absolute Gasteiger partial charge is 0.326 e. The topological polar surface area (TPSA) is 93.2 Å². The molecule has 0 saturated carbocycles. The summed E-state index contributed by atoms with van der Waals surface area (Å²) in [7, 11) is 0. The zero-order valence-electron chi connectivity index (χ0n) is 15.0. The van der Waals surface area contributed by atoms with Gasteiger partial charge in [-0.05, 0) is 50.0 Å². The molecule has 0 bridgehead atoms. The second-order valence-electron chi connectivity index (χ2n) is 6.11. The van der Waals surface area contributed by atoms with E-state index in [1.54, 1.807) is 18.0 Å². The van der Waals surface area contributed by atoms with Crippen LogP contribution in [0, 0.1) is 13.8 Å². The third-order valence-electron chi connectivity index (χ3n) is 4.52. The number of carboxylic acid groups (broad SMARTS) is 1. The molecular formula is C18H22N4O3S. The van der Waals surface area contributed by atoms with Gasteiger partial charge in [-0.1, -0.05) is 0 Å². The van der Waals surface area contributed by atoms with Crippen LogP contribution in [0.4, 0.5) is 5.82 Å². The number of aryl methyl sites for hydroxylation is 1. The zero-order chi connectivity index (χ0) is 18.7. The SMILES string of the molecule is CSCCC(Nc1ncnc2c1c(C)c(C)n2Cc1ccco1)C(=O)O. The van der Waals surface area contributed by atoms with E-state index in [9.17, 15) is 9.90 Å². The van der Waals surface area contributed by atoms with Crippen LogP contribution in [0.1, 0.15) is 23.4 Å².